The standard InChI is InChI=1S/C17H20O3/c1-2-17(18)15-9-6-10-16(11-15)20-13-19-12-14-7-4-3-5-8-14/h3-11,17-18H,2,12-13H2,1H3. The fourth-order valence-electron chi connectivity index (χ4n) is 1.89. The second-order valence-electron chi connectivity index (χ2n) is 4.59. The van der Waals surface area contributed by atoms with E-state index in [0.717, 1.165) is 11.1 Å². The molecule has 0 radical (unpaired) electrons. The van der Waals surface area contributed by atoms with Gasteiger partial charge in [-0.2, -0.15) is 0 Å². The minimum absolute atomic E-state index is 0.195. The van der Waals surface area contributed by atoms with Crippen LogP contribution in [0.25, 0.3) is 0 Å². The average molecular weight is 272 g/mol. The number of aliphatic hydroxyl groups excluding tert-OH is 1. The molecule has 1 atom stereocenters. The van der Waals surface area contributed by atoms with Crippen molar-refractivity contribution in [2.45, 2.75) is 26.1 Å². The van der Waals surface area contributed by atoms with E-state index >= 15 is 0 Å². The molecule has 0 aromatic heterocycles. The normalized spacial score (nSPS) is 12.1. The van der Waals surface area contributed by atoms with Crippen molar-refractivity contribution in [1.82, 2.24) is 0 Å². The summed E-state index contributed by atoms with van der Waals surface area (Å²) in [5, 5.41) is 9.79. The smallest absolute Gasteiger partial charge is 0.189 e. The Morgan fingerprint density at radius 2 is 1.85 bits per heavy atom. The molecule has 0 aliphatic carbocycles. The maximum absolute atomic E-state index is 9.79. The lowest BCUT2D eigenvalue weighted by molar-refractivity contribution is 0.00489. The van der Waals surface area contributed by atoms with Crippen molar-refractivity contribution < 1.29 is 14.6 Å². The van der Waals surface area contributed by atoms with Gasteiger partial charge in [0.05, 0.1) is 12.7 Å². The molecule has 3 nitrogen and oxygen atoms in total. The van der Waals surface area contributed by atoms with Crippen molar-refractivity contribution in [3.8, 4) is 5.75 Å². The summed E-state index contributed by atoms with van der Waals surface area (Å²) < 4.78 is 11.0. The second-order valence-corrected chi connectivity index (χ2v) is 4.59. The monoisotopic (exact) mass is 272 g/mol. The van der Waals surface area contributed by atoms with E-state index in [4.69, 9.17) is 9.47 Å². The van der Waals surface area contributed by atoms with Crippen LogP contribution in [0.1, 0.15) is 30.6 Å². The Morgan fingerprint density at radius 3 is 2.60 bits per heavy atom. The molecule has 0 amide bonds. The van der Waals surface area contributed by atoms with E-state index in [0.29, 0.717) is 18.8 Å². The molecule has 0 aliphatic heterocycles. The van der Waals surface area contributed by atoms with Gasteiger partial charge in [-0.1, -0.05) is 49.4 Å². The molecular formula is C17H20O3. The molecule has 0 saturated carbocycles. The van der Waals surface area contributed by atoms with Crippen LogP contribution in [0.4, 0.5) is 0 Å². The van der Waals surface area contributed by atoms with Crippen molar-refractivity contribution >= 4 is 0 Å². The van der Waals surface area contributed by atoms with Gasteiger partial charge < -0.3 is 14.6 Å². The maximum Gasteiger partial charge on any atom is 0.189 e. The van der Waals surface area contributed by atoms with Gasteiger partial charge in [-0.3, -0.25) is 0 Å². The Kier molecular flexibility index (Phi) is 5.59. The van der Waals surface area contributed by atoms with Gasteiger partial charge in [0.2, 0.25) is 0 Å². The third-order valence-corrected chi connectivity index (χ3v) is 3.05. The molecular weight excluding hydrogens is 252 g/mol. The van der Waals surface area contributed by atoms with E-state index in [-0.39, 0.29) is 6.79 Å². The van der Waals surface area contributed by atoms with Crippen LogP contribution in [0.3, 0.4) is 0 Å². The van der Waals surface area contributed by atoms with E-state index in [2.05, 4.69) is 0 Å². The van der Waals surface area contributed by atoms with Crippen LogP contribution in [0.5, 0.6) is 5.75 Å². The number of rotatable bonds is 7. The summed E-state index contributed by atoms with van der Waals surface area (Å²) in [4.78, 5) is 0. The third kappa shape index (κ3) is 4.37. The summed E-state index contributed by atoms with van der Waals surface area (Å²) in [6.45, 7) is 2.67. The van der Waals surface area contributed by atoms with Crippen molar-refractivity contribution in [3.63, 3.8) is 0 Å². The largest absolute Gasteiger partial charge is 0.468 e. The number of hydrogen-bond acceptors (Lipinski definition) is 3. The quantitative estimate of drug-likeness (QED) is 0.617. The molecule has 0 heterocycles. The topological polar surface area (TPSA) is 38.7 Å². The Balaban J connectivity index is 1.79. The summed E-state index contributed by atoms with van der Waals surface area (Å²) in [6, 6.07) is 17.4. The van der Waals surface area contributed by atoms with Gasteiger partial charge in [0.1, 0.15) is 5.75 Å². The fourth-order valence-corrected chi connectivity index (χ4v) is 1.89. The number of aliphatic hydroxyl groups is 1. The molecule has 2 aromatic carbocycles. The molecule has 0 fully saturated rings. The van der Waals surface area contributed by atoms with Crippen molar-refractivity contribution in [1.29, 1.82) is 0 Å². The molecule has 0 bridgehead atoms. The van der Waals surface area contributed by atoms with Gasteiger partial charge >= 0.3 is 0 Å². The first-order valence-corrected chi connectivity index (χ1v) is 6.82. The van der Waals surface area contributed by atoms with Crippen molar-refractivity contribution in [2.75, 3.05) is 6.79 Å². The SMILES string of the molecule is CCC(O)c1cccc(OCOCc2ccccc2)c1. The summed E-state index contributed by atoms with van der Waals surface area (Å²) in [5.41, 5.74) is 1.99. The minimum Gasteiger partial charge on any atom is -0.468 e. The van der Waals surface area contributed by atoms with Crippen molar-refractivity contribution in [2.24, 2.45) is 0 Å². The second kappa shape index (κ2) is 7.68. The predicted octanol–water partition coefficient (Wildman–Crippen LogP) is 3.68. The van der Waals surface area contributed by atoms with Crippen molar-refractivity contribution in [3.05, 3.63) is 65.7 Å². The van der Waals surface area contributed by atoms with Gasteiger partial charge in [0.15, 0.2) is 6.79 Å². The molecule has 0 aliphatic rings. The van der Waals surface area contributed by atoms with E-state index in [1.165, 1.54) is 0 Å². The maximum atomic E-state index is 9.79. The van der Waals surface area contributed by atoms with Gasteiger partial charge in [-0.05, 0) is 29.7 Å². The first-order valence-electron chi connectivity index (χ1n) is 6.82. The molecule has 0 spiro atoms. The van der Waals surface area contributed by atoms with Crippen LogP contribution in [0, 0.1) is 0 Å². The molecule has 1 N–H and O–H groups in total. The first kappa shape index (κ1) is 14.6. The number of benzene rings is 2. The Labute approximate surface area is 119 Å². The van der Waals surface area contributed by atoms with Crippen LogP contribution in [0.15, 0.2) is 54.6 Å². The predicted molar refractivity (Wildman–Crippen MR) is 78.4 cm³/mol. The lowest BCUT2D eigenvalue weighted by Gasteiger charge is -2.11. The average Bonchev–Trinajstić information content (AvgIpc) is 2.52. The summed E-state index contributed by atoms with van der Waals surface area (Å²) in [5.74, 6) is 0.711. The highest BCUT2D eigenvalue weighted by Crippen LogP contribution is 2.21. The van der Waals surface area contributed by atoms with E-state index < -0.39 is 6.10 Å². The molecule has 2 rings (SSSR count). The summed E-state index contributed by atoms with van der Waals surface area (Å²) in [7, 11) is 0. The molecule has 20 heavy (non-hydrogen) atoms. The van der Waals surface area contributed by atoms with Gasteiger partial charge in [-0.15, -0.1) is 0 Å². The Hall–Kier alpha value is -1.84. The van der Waals surface area contributed by atoms with Crippen LogP contribution < -0.4 is 4.74 Å². The Bertz CT molecular complexity index is 511. The van der Waals surface area contributed by atoms with Gasteiger partial charge in [0, 0.05) is 0 Å². The zero-order chi connectivity index (χ0) is 14.2. The number of ether oxygens (including phenoxy) is 2. The minimum atomic E-state index is -0.441. The molecule has 0 saturated heterocycles. The van der Waals surface area contributed by atoms with Gasteiger partial charge in [-0.25, -0.2) is 0 Å². The number of hydrogen-bond donors (Lipinski definition) is 1. The fraction of sp³-hybridized carbons (Fsp3) is 0.294. The first-order chi connectivity index (χ1) is 9.79. The highest BCUT2D eigenvalue weighted by atomic mass is 16.7. The third-order valence-electron chi connectivity index (χ3n) is 3.05. The lowest BCUT2D eigenvalue weighted by atomic mass is 10.1. The summed E-state index contributed by atoms with van der Waals surface area (Å²) in [6.07, 6.45) is 0.248. The van der Waals surface area contributed by atoms with Crippen LogP contribution >= 0.6 is 0 Å². The molecule has 2 aromatic rings. The molecule has 106 valence electrons. The zero-order valence-electron chi connectivity index (χ0n) is 11.7. The van der Waals surface area contributed by atoms with E-state index in [1.807, 2.05) is 61.5 Å². The highest BCUT2D eigenvalue weighted by Gasteiger charge is 2.05. The van der Waals surface area contributed by atoms with Gasteiger partial charge in [0.25, 0.3) is 0 Å². The van der Waals surface area contributed by atoms with E-state index in [9.17, 15) is 5.11 Å². The lowest BCUT2D eigenvalue weighted by Crippen LogP contribution is -2.03. The van der Waals surface area contributed by atoms with Crippen LogP contribution in [-0.4, -0.2) is 11.9 Å². The van der Waals surface area contributed by atoms with E-state index in [1.54, 1.807) is 0 Å². The van der Waals surface area contributed by atoms with Crippen LogP contribution in [-0.2, 0) is 11.3 Å². The van der Waals surface area contributed by atoms with Crippen LogP contribution in [0.2, 0.25) is 0 Å². The molecule has 1 unspecified atom stereocenters. The Morgan fingerprint density at radius 1 is 1.05 bits per heavy atom. The highest BCUT2D eigenvalue weighted by molar-refractivity contribution is 5.29. The summed E-state index contributed by atoms with van der Waals surface area (Å²) >= 11 is 0. The zero-order valence-corrected chi connectivity index (χ0v) is 11.7. The molecule has 3 heteroatoms.